The summed E-state index contributed by atoms with van der Waals surface area (Å²) >= 11 is 0. The van der Waals surface area contributed by atoms with Crippen molar-refractivity contribution in [1.82, 2.24) is 0 Å². The van der Waals surface area contributed by atoms with Crippen LogP contribution in [0.25, 0.3) is 0 Å². The van der Waals surface area contributed by atoms with Crippen molar-refractivity contribution in [2.24, 2.45) is 0 Å². The lowest BCUT2D eigenvalue weighted by Gasteiger charge is -2.28. The predicted molar refractivity (Wildman–Crippen MR) is 97.8 cm³/mol. The molecule has 0 N–H and O–H groups in total. The monoisotopic (exact) mass is 315 g/mol. The number of rotatable bonds is 3. The molecule has 0 aliphatic carbocycles. The van der Waals surface area contributed by atoms with E-state index in [1.165, 1.54) is 11.1 Å². The summed E-state index contributed by atoms with van der Waals surface area (Å²) in [6, 6.07) is 31.9. The molecule has 1 aliphatic rings. The quantitative estimate of drug-likeness (QED) is 0.646. The molecule has 1 heterocycles. The molecular formula is C22H21NO. The molecule has 3 aromatic rings. The average Bonchev–Trinajstić information content (AvgIpc) is 3.01. The minimum absolute atomic E-state index is 0.109. The standard InChI is InChI=1S/C22H21NO/c1-17-21(18-11-5-2-6-12-18)22(19-13-7-3-8-14-19)23(24-17)20-15-9-4-10-16-20/h2-17,21-22H,1H3. The molecule has 1 fully saturated rings. The van der Waals surface area contributed by atoms with Crippen LogP contribution in [0.4, 0.5) is 5.69 Å². The Labute approximate surface area is 143 Å². The molecular weight excluding hydrogens is 294 g/mol. The average molecular weight is 315 g/mol. The molecule has 0 saturated carbocycles. The van der Waals surface area contributed by atoms with Gasteiger partial charge in [0, 0.05) is 5.92 Å². The summed E-state index contributed by atoms with van der Waals surface area (Å²) < 4.78 is 0. The van der Waals surface area contributed by atoms with E-state index in [1.54, 1.807) is 0 Å². The van der Waals surface area contributed by atoms with Crippen molar-refractivity contribution in [1.29, 1.82) is 0 Å². The van der Waals surface area contributed by atoms with Gasteiger partial charge in [0.15, 0.2) is 0 Å². The Kier molecular flexibility index (Phi) is 4.06. The number of para-hydroxylation sites is 1. The van der Waals surface area contributed by atoms with E-state index in [9.17, 15) is 0 Å². The fraction of sp³-hybridized carbons (Fsp3) is 0.182. The van der Waals surface area contributed by atoms with Gasteiger partial charge in [-0.05, 0) is 30.2 Å². The number of hydroxylamine groups is 1. The van der Waals surface area contributed by atoms with Gasteiger partial charge in [0.25, 0.3) is 0 Å². The van der Waals surface area contributed by atoms with Gasteiger partial charge in [-0.25, -0.2) is 5.06 Å². The minimum Gasteiger partial charge on any atom is -0.269 e. The van der Waals surface area contributed by atoms with Gasteiger partial charge in [0.05, 0.1) is 17.8 Å². The van der Waals surface area contributed by atoms with E-state index < -0.39 is 0 Å². The number of benzene rings is 3. The molecule has 0 aromatic heterocycles. The molecule has 3 atom stereocenters. The lowest BCUT2D eigenvalue weighted by molar-refractivity contribution is 0.0912. The minimum atomic E-state index is 0.109. The van der Waals surface area contributed by atoms with E-state index in [-0.39, 0.29) is 18.1 Å². The summed E-state index contributed by atoms with van der Waals surface area (Å²) in [6.07, 6.45) is 0.109. The summed E-state index contributed by atoms with van der Waals surface area (Å²) in [6.45, 7) is 2.16. The Morgan fingerprint density at radius 1 is 0.667 bits per heavy atom. The molecule has 0 amide bonds. The van der Waals surface area contributed by atoms with Crippen molar-refractivity contribution in [2.45, 2.75) is 25.0 Å². The van der Waals surface area contributed by atoms with Crippen LogP contribution in [0.2, 0.25) is 0 Å². The first kappa shape index (κ1) is 15.0. The van der Waals surface area contributed by atoms with Gasteiger partial charge < -0.3 is 0 Å². The number of anilines is 1. The molecule has 3 unspecified atom stereocenters. The van der Waals surface area contributed by atoms with E-state index in [1.807, 2.05) is 6.07 Å². The predicted octanol–water partition coefficient (Wildman–Crippen LogP) is 5.35. The van der Waals surface area contributed by atoms with Crippen LogP contribution in [0, 0.1) is 0 Å². The third kappa shape index (κ3) is 2.70. The maximum atomic E-state index is 6.31. The molecule has 1 aliphatic heterocycles. The topological polar surface area (TPSA) is 12.5 Å². The maximum Gasteiger partial charge on any atom is 0.0921 e. The van der Waals surface area contributed by atoms with Gasteiger partial charge in [-0.3, -0.25) is 4.84 Å². The molecule has 1 saturated heterocycles. The van der Waals surface area contributed by atoms with Crippen LogP contribution in [0.3, 0.4) is 0 Å². The lowest BCUT2D eigenvalue weighted by Crippen LogP contribution is -2.23. The van der Waals surface area contributed by atoms with E-state index in [4.69, 9.17) is 4.84 Å². The van der Waals surface area contributed by atoms with Crippen molar-refractivity contribution in [3.63, 3.8) is 0 Å². The van der Waals surface area contributed by atoms with Crippen molar-refractivity contribution in [2.75, 3.05) is 5.06 Å². The zero-order valence-corrected chi connectivity index (χ0v) is 13.7. The van der Waals surface area contributed by atoms with Gasteiger partial charge in [-0.1, -0.05) is 78.9 Å². The molecule has 2 heteroatoms. The fourth-order valence-corrected chi connectivity index (χ4v) is 3.63. The van der Waals surface area contributed by atoms with Gasteiger partial charge in [-0.2, -0.15) is 0 Å². The summed E-state index contributed by atoms with van der Waals surface area (Å²) in [5.74, 6) is 0.286. The molecule has 4 rings (SSSR count). The number of hydrogen-bond donors (Lipinski definition) is 0. The van der Waals surface area contributed by atoms with E-state index in [2.05, 4.69) is 96.9 Å². The Morgan fingerprint density at radius 2 is 1.17 bits per heavy atom. The third-order valence-corrected chi connectivity index (χ3v) is 4.71. The number of nitrogens with zero attached hydrogens (tertiary/aromatic N) is 1. The van der Waals surface area contributed by atoms with Crippen LogP contribution in [0.1, 0.15) is 30.0 Å². The van der Waals surface area contributed by atoms with Crippen LogP contribution in [0.5, 0.6) is 0 Å². The highest BCUT2D eigenvalue weighted by atomic mass is 16.7. The van der Waals surface area contributed by atoms with Crippen molar-refractivity contribution in [3.8, 4) is 0 Å². The Morgan fingerprint density at radius 3 is 1.75 bits per heavy atom. The summed E-state index contributed by atoms with van der Waals surface area (Å²) in [4.78, 5) is 6.31. The first-order valence-electron chi connectivity index (χ1n) is 8.45. The normalized spacial score (nSPS) is 23.4. The lowest BCUT2D eigenvalue weighted by atomic mass is 9.84. The van der Waals surface area contributed by atoms with Crippen LogP contribution in [0.15, 0.2) is 91.0 Å². The second kappa shape index (κ2) is 6.50. The SMILES string of the molecule is CC1ON(c2ccccc2)C(c2ccccc2)C1c1ccccc1. The van der Waals surface area contributed by atoms with Crippen molar-refractivity contribution in [3.05, 3.63) is 102 Å². The van der Waals surface area contributed by atoms with Crippen LogP contribution < -0.4 is 5.06 Å². The van der Waals surface area contributed by atoms with Crippen LogP contribution in [-0.2, 0) is 4.84 Å². The third-order valence-electron chi connectivity index (χ3n) is 4.71. The number of hydrogen-bond acceptors (Lipinski definition) is 2. The van der Waals surface area contributed by atoms with Gasteiger partial charge in [-0.15, -0.1) is 0 Å². The van der Waals surface area contributed by atoms with Crippen LogP contribution >= 0.6 is 0 Å². The second-order valence-electron chi connectivity index (χ2n) is 6.26. The zero-order chi connectivity index (χ0) is 16.4. The molecule has 0 radical (unpaired) electrons. The van der Waals surface area contributed by atoms with Gasteiger partial charge >= 0.3 is 0 Å². The molecule has 0 spiro atoms. The largest absolute Gasteiger partial charge is 0.269 e. The molecule has 2 nitrogen and oxygen atoms in total. The van der Waals surface area contributed by atoms with Gasteiger partial charge in [0.1, 0.15) is 0 Å². The Balaban J connectivity index is 1.81. The molecule has 0 bridgehead atoms. The highest BCUT2D eigenvalue weighted by Gasteiger charge is 2.43. The summed E-state index contributed by atoms with van der Waals surface area (Å²) in [5.41, 5.74) is 3.69. The van der Waals surface area contributed by atoms with E-state index in [0.717, 1.165) is 5.69 Å². The smallest absolute Gasteiger partial charge is 0.0921 e. The first-order chi connectivity index (χ1) is 11.8. The molecule has 120 valence electrons. The van der Waals surface area contributed by atoms with Crippen molar-refractivity contribution >= 4 is 5.69 Å². The Bertz CT molecular complexity index is 773. The van der Waals surface area contributed by atoms with E-state index in [0.29, 0.717) is 0 Å². The highest BCUT2D eigenvalue weighted by molar-refractivity contribution is 5.49. The highest BCUT2D eigenvalue weighted by Crippen LogP contribution is 2.47. The van der Waals surface area contributed by atoms with E-state index >= 15 is 0 Å². The van der Waals surface area contributed by atoms with Crippen molar-refractivity contribution < 1.29 is 4.84 Å². The second-order valence-corrected chi connectivity index (χ2v) is 6.26. The summed E-state index contributed by atoms with van der Waals surface area (Å²) in [5, 5.41) is 2.08. The molecule has 3 aromatic carbocycles. The zero-order valence-electron chi connectivity index (χ0n) is 13.7. The van der Waals surface area contributed by atoms with Gasteiger partial charge in [0.2, 0.25) is 0 Å². The first-order valence-corrected chi connectivity index (χ1v) is 8.45. The Hall–Kier alpha value is -2.58. The fourth-order valence-electron chi connectivity index (χ4n) is 3.63. The molecule has 24 heavy (non-hydrogen) atoms. The van der Waals surface area contributed by atoms with Crippen LogP contribution in [-0.4, -0.2) is 6.10 Å². The summed E-state index contributed by atoms with van der Waals surface area (Å²) in [7, 11) is 0. The maximum absolute atomic E-state index is 6.31.